The van der Waals surface area contributed by atoms with Crippen LogP contribution in [0.25, 0.3) is 0 Å². The normalized spacial score (nSPS) is 10.1. The maximum Gasteiger partial charge on any atom is 0.346 e. The topological polar surface area (TPSA) is 115 Å². The Morgan fingerprint density at radius 3 is 2.55 bits per heavy atom. The van der Waals surface area contributed by atoms with Crippen LogP contribution < -0.4 is 4.74 Å². The van der Waals surface area contributed by atoms with Crippen molar-refractivity contribution in [3.63, 3.8) is 0 Å². The number of aromatic nitrogens is 2. The van der Waals surface area contributed by atoms with Gasteiger partial charge in [-0.25, -0.2) is 14.8 Å². The Morgan fingerprint density at radius 1 is 1.35 bits per heavy atom. The highest BCUT2D eigenvalue weighted by atomic mass is 35.5. The van der Waals surface area contributed by atoms with Crippen molar-refractivity contribution in [3.05, 3.63) is 51.3 Å². The van der Waals surface area contributed by atoms with E-state index in [2.05, 4.69) is 9.97 Å². The number of rotatable bonds is 4. The molecule has 102 valence electrons. The summed E-state index contributed by atoms with van der Waals surface area (Å²) in [7, 11) is 0. The number of nitro groups is 1. The zero-order valence-corrected chi connectivity index (χ0v) is 10.4. The highest BCUT2D eigenvalue weighted by Crippen LogP contribution is 2.30. The molecule has 0 saturated carbocycles. The highest BCUT2D eigenvalue weighted by Gasteiger charge is 2.25. The summed E-state index contributed by atoms with van der Waals surface area (Å²) in [6, 6.07) is 3.47. The number of carboxylic acid groups (broad SMARTS) is 1. The summed E-state index contributed by atoms with van der Waals surface area (Å²) in [6.45, 7) is 0. The van der Waals surface area contributed by atoms with Crippen molar-refractivity contribution in [3.8, 4) is 11.8 Å². The van der Waals surface area contributed by atoms with Crippen LogP contribution in [0.1, 0.15) is 10.4 Å². The average molecular weight is 296 g/mol. The van der Waals surface area contributed by atoms with Crippen LogP contribution in [0.3, 0.4) is 0 Å². The standard InChI is InChI=1S/C11H6ClN3O5/c12-6-4-13-11(14-5-6)20-8-3-1-2-7(15(18)19)9(8)10(16)17/h1-5H,(H,16,17). The highest BCUT2D eigenvalue weighted by molar-refractivity contribution is 6.30. The fourth-order valence-electron chi connectivity index (χ4n) is 1.42. The Morgan fingerprint density at radius 2 is 2.00 bits per heavy atom. The number of ether oxygens (including phenoxy) is 1. The van der Waals surface area contributed by atoms with Crippen molar-refractivity contribution in [2.24, 2.45) is 0 Å². The van der Waals surface area contributed by atoms with E-state index >= 15 is 0 Å². The monoisotopic (exact) mass is 295 g/mol. The van der Waals surface area contributed by atoms with Crippen LogP contribution in [0.4, 0.5) is 5.69 Å². The van der Waals surface area contributed by atoms with Gasteiger partial charge in [0.15, 0.2) is 11.3 Å². The molecule has 0 radical (unpaired) electrons. The Bertz CT molecular complexity index is 674. The minimum atomic E-state index is -1.48. The van der Waals surface area contributed by atoms with Gasteiger partial charge < -0.3 is 9.84 Å². The predicted octanol–water partition coefficient (Wildman–Crippen LogP) is 2.53. The van der Waals surface area contributed by atoms with Crippen LogP contribution >= 0.6 is 11.6 Å². The third kappa shape index (κ3) is 2.81. The van der Waals surface area contributed by atoms with Crippen LogP contribution in [-0.4, -0.2) is 26.0 Å². The van der Waals surface area contributed by atoms with Gasteiger partial charge in [0.05, 0.1) is 22.3 Å². The molecule has 0 spiro atoms. The average Bonchev–Trinajstić information content (AvgIpc) is 2.40. The Hall–Kier alpha value is -2.74. The lowest BCUT2D eigenvalue weighted by Crippen LogP contribution is -2.05. The molecule has 8 nitrogen and oxygen atoms in total. The van der Waals surface area contributed by atoms with Crippen molar-refractivity contribution < 1.29 is 19.6 Å². The minimum absolute atomic E-state index is 0.169. The van der Waals surface area contributed by atoms with E-state index < -0.39 is 22.1 Å². The summed E-state index contributed by atoms with van der Waals surface area (Å²) in [5.74, 6) is -1.71. The summed E-state index contributed by atoms with van der Waals surface area (Å²) in [4.78, 5) is 28.6. The molecule has 1 heterocycles. The quantitative estimate of drug-likeness (QED) is 0.680. The van der Waals surface area contributed by atoms with Crippen molar-refractivity contribution in [1.82, 2.24) is 9.97 Å². The van der Waals surface area contributed by atoms with E-state index in [0.717, 1.165) is 6.07 Å². The Balaban J connectivity index is 2.46. The lowest BCUT2D eigenvalue weighted by atomic mass is 10.1. The number of carbonyl (C=O) groups is 1. The second-order valence-corrected chi connectivity index (χ2v) is 3.93. The first-order valence-corrected chi connectivity index (χ1v) is 5.53. The van der Waals surface area contributed by atoms with Gasteiger partial charge in [-0.1, -0.05) is 17.7 Å². The van der Waals surface area contributed by atoms with E-state index in [4.69, 9.17) is 21.4 Å². The van der Waals surface area contributed by atoms with Crippen LogP contribution in [0.15, 0.2) is 30.6 Å². The molecule has 2 aromatic rings. The summed E-state index contributed by atoms with van der Waals surface area (Å²) in [5.41, 5.74) is -1.15. The van der Waals surface area contributed by atoms with Gasteiger partial charge in [0, 0.05) is 6.07 Å². The number of nitro benzene ring substituents is 1. The molecule has 0 atom stereocenters. The number of benzene rings is 1. The molecule has 0 aliphatic rings. The molecule has 0 unspecified atom stereocenters. The smallest absolute Gasteiger partial charge is 0.346 e. The van der Waals surface area contributed by atoms with Crippen molar-refractivity contribution in [2.45, 2.75) is 0 Å². The number of halogens is 1. The van der Waals surface area contributed by atoms with Crippen molar-refractivity contribution in [1.29, 1.82) is 0 Å². The summed E-state index contributed by atoms with van der Waals surface area (Å²) < 4.78 is 5.15. The molecule has 1 aromatic heterocycles. The zero-order chi connectivity index (χ0) is 14.7. The Kier molecular flexibility index (Phi) is 3.76. The third-order valence-electron chi connectivity index (χ3n) is 2.21. The van der Waals surface area contributed by atoms with Gasteiger partial charge in [0.1, 0.15) is 0 Å². The van der Waals surface area contributed by atoms with Gasteiger partial charge in [-0.05, 0) is 6.07 Å². The van der Waals surface area contributed by atoms with Crippen molar-refractivity contribution in [2.75, 3.05) is 0 Å². The van der Waals surface area contributed by atoms with Gasteiger partial charge in [0.2, 0.25) is 0 Å². The predicted molar refractivity (Wildman–Crippen MR) is 67.2 cm³/mol. The molecular formula is C11H6ClN3O5. The van der Waals surface area contributed by atoms with E-state index in [-0.39, 0.29) is 16.8 Å². The summed E-state index contributed by atoms with van der Waals surface area (Å²) in [6.07, 6.45) is 2.50. The minimum Gasteiger partial charge on any atom is -0.477 e. The van der Waals surface area contributed by atoms with E-state index in [1.165, 1.54) is 24.5 Å². The third-order valence-corrected chi connectivity index (χ3v) is 2.41. The summed E-state index contributed by atoms with van der Waals surface area (Å²) in [5, 5.41) is 20.2. The number of carboxylic acids is 1. The molecule has 9 heteroatoms. The van der Waals surface area contributed by atoms with Gasteiger partial charge in [-0.3, -0.25) is 10.1 Å². The molecule has 0 bridgehead atoms. The first-order valence-electron chi connectivity index (χ1n) is 5.15. The molecule has 20 heavy (non-hydrogen) atoms. The molecule has 2 rings (SSSR count). The second-order valence-electron chi connectivity index (χ2n) is 3.50. The number of aromatic carboxylic acids is 1. The first-order chi connectivity index (χ1) is 9.49. The zero-order valence-electron chi connectivity index (χ0n) is 9.69. The van der Waals surface area contributed by atoms with Gasteiger partial charge in [-0.15, -0.1) is 0 Å². The SMILES string of the molecule is O=C(O)c1c(Oc2ncc(Cl)cn2)cccc1[N+](=O)[O-]. The molecule has 0 fully saturated rings. The summed E-state index contributed by atoms with van der Waals surface area (Å²) >= 11 is 5.60. The Labute approximate surface area is 116 Å². The molecule has 0 aliphatic heterocycles. The van der Waals surface area contributed by atoms with E-state index in [1.54, 1.807) is 0 Å². The number of nitrogens with zero attached hydrogens (tertiary/aromatic N) is 3. The lowest BCUT2D eigenvalue weighted by molar-refractivity contribution is -0.385. The van der Waals surface area contributed by atoms with E-state index in [1.807, 2.05) is 0 Å². The molecule has 1 aromatic carbocycles. The largest absolute Gasteiger partial charge is 0.477 e. The molecule has 0 saturated heterocycles. The van der Waals surface area contributed by atoms with Crippen LogP contribution in [0.5, 0.6) is 11.8 Å². The van der Waals surface area contributed by atoms with Crippen molar-refractivity contribution >= 4 is 23.3 Å². The number of hydrogen-bond acceptors (Lipinski definition) is 6. The van der Waals surface area contributed by atoms with Crippen LogP contribution in [0.2, 0.25) is 5.02 Å². The maximum atomic E-state index is 11.1. The van der Waals surface area contributed by atoms with Crippen LogP contribution in [0, 0.1) is 10.1 Å². The molecular weight excluding hydrogens is 290 g/mol. The fraction of sp³-hybridized carbons (Fsp3) is 0. The van der Waals surface area contributed by atoms with E-state index in [9.17, 15) is 14.9 Å². The maximum absolute atomic E-state index is 11.1. The molecule has 1 N–H and O–H groups in total. The molecule has 0 amide bonds. The van der Waals surface area contributed by atoms with E-state index in [0.29, 0.717) is 0 Å². The second kappa shape index (κ2) is 5.49. The van der Waals surface area contributed by atoms with Crippen LogP contribution in [-0.2, 0) is 0 Å². The first kappa shape index (κ1) is 13.7. The lowest BCUT2D eigenvalue weighted by Gasteiger charge is -2.07. The molecule has 0 aliphatic carbocycles. The van der Waals surface area contributed by atoms with Gasteiger partial charge >= 0.3 is 12.0 Å². The van der Waals surface area contributed by atoms with Gasteiger partial charge in [0.25, 0.3) is 5.69 Å². The fourth-order valence-corrected chi connectivity index (χ4v) is 1.52. The number of hydrogen-bond donors (Lipinski definition) is 1. The van der Waals surface area contributed by atoms with Gasteiger partial charge in [-0.2, -0.15) is 0 Å².